The van der Waals surface area contributed by atoms with Gasteiger partial charge in [-0.3, -0.25) is 0 Å². The molecule has 1 atom stereocenters. The Hall–Kier alpha value is -2.10. The van der Waals surface area contributed by atoms with Crippen LogP contribution in [0, 0.1) is 0 Å². The smallest absolute Gasteiger partial charge is 0.326 e. The summed E-state index contributed by atoms with van der Waals surface area (Å²) in [5, 5.41) is 9.17. The summed E-state index contributed by atoms with van der Waals surface area (Å²) in [6.07, 6.45) is 3.88. The lowest BCUT2D eigenvalue weighted by Crippen LogP contribution is -2.18. The lowest BCUT2D eigenvalue weighted by molar-refractivity contribution is -0.140. The molecule has 1 N–H and O–H groups in total. The van der Waals surface area contributed by atoms with Crippen molar-refractivity contribution in [2.24, 2.45) is 0 Å². The fourth-order valence-corrected chi connectivity index (χ4v) is 1.87. The number of carboxylic acids is 1. The van der Waals surface area contributed by atoms with Gasteiger partial charge in [0.25, 0.3) is 0 Å². The summed E-state index contributed by atoms with van der Waals surface area (Å²) in [7, 11) is 0. The SMILES string of the molecule is CCC(C(=O)O)n1ccnc1-c1ccccc1. The average Bonchev–Trinajstić information content (AvgIpc) is 2.80. The summed E-state index contributed by atoms with van der Waals surface area (Å²) < 4.78 is 1.71. The van der Waals surface area contributed by atoms with Crippen molar-refractivity contribution >= 4 is 5.97 Å². The van der Waals surface area contributed by atoms with Crippen LogP contribution in [0.5, 0.6) is 0 Å². The van der Waals surface area contributed by atoms with Gasteiger partial charge in [-0.15, -0.1) is 0 Å². The Kier molecular flexibility index (Phi) is 3.23. The quantitative estimate of drug-likeness (QED) is 0.878. The van der Waals surface area contributed by atoms with Crippen molar-refractivity contribution in [3.8, 4) is 11.4 Å². The van der Waals surface area contributed by atoms with Crippen LogP contribution in [-0.2, 0) is 4.79 Å². The molecule has 0 aliphatic carbocycles. The van der Waals surface area contributed by atoms with Crippen molar-refractivity contribution in [2.75, 3.05) is 0 Å². The second-order valence-corrected chi connectivity index (χ2v) is 3.79. The summed E-state index contributed by atoms with van der Waals surface area (Å²) >= 11 is 0. The fraction of sp³-hybridized carbons (Fsp3) is 0.231. The molecule has 1 aromatic heterocycles. The lowest BCUT2D eigenvalue weighted by atomic mass is 10.2. The molecule has 2 aromatic rings. The highest BCUT2D eigenvalue weighted by molar-refractivity contribution is 5.73. The Labute approximate surface area is 99.5 Å². The second-order valence-electron chi connectivity index (χ2n) is 3.79. The molecule has 1 heterocycles. The van der Waals surface area contributed by atoms with Crippen LogP contribution in [0.25, 0.3) is 11.4 Å². The summed E-state index contributed by atoms with van der Waals surface area (Å²) in [6, 6.07) is 9.03. The Morgan fingerprint density at radius 3 is 2.71 bits per heavy atom. The molecule has 2 rings (SSSR count). The van der Waals surface area contributed by atoms with Crippen LogP contribution < -0.4 is 0 Å². The van der Waals surface area contributed by atoms with Gasteiger partial charge in [0.15, 0.2) is 0 Å². The molecule has 0 radical (unpaired) electrons. The van der Waals surface area contributed by atoms with E-state index in [1.165, 1.54) is 0 Å². The molecule has 17 heavy (non-hydrogen) atoms. The summed E-state index contributed by atoms with van der Waals surface area (Å²) in [5.41, 5.74) is 0.928. The maximum Gasteiger partial charge on any atom is 0.326 e. The van der Waals surface area contributed by atoms with Crippen molar-refractivity contribution in [1.29, 1.82) is 0 Å². The zero-order valence-corrected chi connectivity index (χ0v) is 9.58. The molecule has 0 spiro atoms. The number of nitrogens with zero attached hydrogens (tertiary/aromatic N) is 2. The van der Waals surface area contributed by atoms with E-state index in [0.717, 1.165) is 5.56 Å². The van der Waals surface area contributed by atoms with Crippen LogP contribution in [0.15, 0.2) is 42.7 Å². The number of aromatic nitrogens is 2. The number of carbonyl (C=O) groups is 1. The minimum absolute atomic E-state index is 0.533. The Morgan fingerprint density at radius 2 is 2.12 bits per heavy atom. The van der Waals surface area contributed by atoms with Gasteiger partial charge in [0, 0.05) is 18.0 Å². The van der Waals surface area contributed by atoms with Gasteiger partial charge < -0.3 is 9.67 Å². The van der Waals surface area contributed by atoms with Gasteiger partial charge in [-0.2, -0.15) is 0 Å². The summed E-state index contributed by atoms with van der Waals surface area (Å²) in [5.74, 6) is -0.137. The average molecular weight is 230 g/mol. The molecule has 0 bridgehead atoms. The molecule has 0 saturated heterocycles. The molecule has 1 aromatic carbocycles. The highest BCUT2D eigenvalue weighted by Crippen LogP contribution is 2.22. The zero-order valence-electron chi connectivity index (χ0n) is 9.58. The van der Waals surface area contributed by atoms with E-state index in [1.54, 1.807) is 17.0 Å². The van der Waals surface area contributed by atoms with E-state index < -0.39 is 12.0 Å². The predicted octanol–water partition coefficient (Wildman–Crippen LogP) is 2.59. The standard InChI is InChI=1S/C13H14N2O2/c1-2-11(13(16)17)15-9-8-14-12(15)10-6-4-3-5-7-10/h3-9,11H,2H2,1H3,(H,16,17). The van der Waals surface area contributed by atoms with Crippen LogP contribution >= 0.6 is 0 Å². The molecule has 0 aliphatic rings. The first kappa shape index (κ1) is 11.4. The Bertz CT molecular complexity index is 505. The molecule has 0 amide bonds. The van der Waals surface area contributed by atoms with Crippen LogP contribution in [0.1, 0.15) is 19.4 Å². The first-order chi connectivity index (χ1) is 8.24. The van der Waals surface area contributed by atoms with Gasteiger partial charge in [0.2, 0.25) is 0 Å². The van der Waals surface area contributed by atoms with Gasteiger partial charge in [-0.1, -0.05) is 37.3 Å². The van der Waals surface area contributed by atoms with Crippen molar-refractivity contribution in [3.63, 3.8) is 0 Å². The van der Waals surface area contributed by atoms with Crippen LogP contribution in [0.4, 0.5) is 0 Å². The maximum absolute atomic E-state index is 11.2. The highest BCUT2D eigenvalue weighted by atomic mass is 16.4. The first-order valence-corrected chi connectivity index (χ1v) is 5.55. The summed E-state index contributed by atoms with van der Waals surface area (Å²) in [4.78, 5) is 15.4. The number of carboxylic acid groups (broad SMARTS) is 1. The normalized spacial score (nSPS) is 12.3. The Morgan fingerprint density at radius 1 is 1.41 bits per heavy atom. The van der Waals surface area contributed by atoms with Gasteiger partial charge in [0.1, 0.15) is 11.9 Å². The van der Waals surface area contributed by atoms with E-state index >= 15 is 0 Å². The van der Waals surface area contributed by atoms with E-state index in [4.69, 9.17) is 5.11 Å². The first-order valence-electron chi connectivity index (χ1n) is 5.55. The monoisotopic (exact) mass is 230 g/mol. The lowest BCUT2D eigenvalue weighted by Gasteiger charge is -2.14. The number of benzene rings is 1. The number of hydrogen-bond donors (Lipinski definition) is 1. The third kappa shape index (κ3) is 2.20. The van der Waals surface area contributed by atoms with Crippen LogP contribution in [-0.4, -0.2) is 20.6 Å². The molecule has 88 valence electrons. The van der Waals surface area contributed by atoms with Gasteiger partial charge in [-0.05, 0) is 6.42 Å². The largest absolute Gasteiger partial charge is 0.480 e. The summed E-state index contributed by atoms with van der Waals surface area (Å²) in [6.45, 7) is 1.85. The molecular weight excluding hydrogens is 216 g/mol. The molecule has 0 aliphatic heterocycles. The number of aliphatic carboxylic acids is 1. The number of rotatable bonds is 4. The van der Waals surface area contributed by atoms with Crippen molar-refractivity contribution < 1.29 is 9.90 Å². The number of imidazole rings is 1. The molecular formula is C13H14N2O2. The highest BCUT2D eigenvalue weighted by Gasteiger charge is 2.20. The van der Waals surface area contributed by atoms with Gasteiger partial charge in [0.05, 0.1) is 0 Å². The molecule has 0 fully saturated rings. The minimum atomic E-state index is -0.831. The van der Waals surface area contributed by atoms with Gasteiger partial charge >= 0.3 is 5.97 Å². The minimum Gasteiger partial charge on any atom is -0.480 e. The van der Waals surface area contributed by atoms with Crippen LogP contribution in [0.3, 0.4) is 0 Å². The zero-order chi connectivity index (χ0) is 12.3. The number of hydrogen-bond acceptors (Lipinski definition) is 2. The van der Waals surface area contributed by atoms with E-state index in [1.807, 2.05) is 37.3 Å². The van der Waals surface area contributed by atoms with Crippen molar-refractivity contribution in [2.45, 2.75) is 19.4 Å². The molecule has 1 unspecified atom stereocenters. The maximum atomic E-state index is 11.2. The molecule has 4 nitrogen and oxygen atoms in total. The topological polar surface area (TPSA) is 55.1 Å². The van der Waals surface area contributed by atoms with E-state index in [2.05, 4.69) is 4.98 Å². The van der Waals surface area contributed by atoms with Gasteiger partial charge in [-0.25, -0.2) is 9.78 Å². The van der Waals surface area contributed by atoms with E-state index in [9.17, 15) is 4.79 Å². The van der Waals surface area contributed by atoms with Crippen LogP contribution in [0.2, 0.25) is 0 Å². The molecule has 0 saturated carbocycles. The fourth-order valence-electron chi connectivity index (χ4n) is 1.87. The third-order valence-electron chi connectivity index (χ3n) is 2.71. The third-order valence-corrected chi connectivity index (χ3v) is 2.71. The van der Waals surface area contributed by atoms with Crippen molar-refractivity contribution in [3.05, 3.63) is 42.7 Å². The second kappa shape index (κ2) is 4.82. The van der Waals surface area contributed by atoms with Crippen molar-refractivity contribution in [1.82, 2.24) is 9.55 Å². The Balaban J connectivity index is 2.45. The van der Waals surface area contributed by atoms with E-state index in [-0.39, 0.29) is 0 Å². The van der Waals surface area contributed by atoms with E-state index in [0.29, 0.717) is 12.2 Å². The molecule has 4 heteroatoms. The predicted molar refractivity (Wildman–Crippen MR) is 64.6 cm³/mol.